The number of ether oxygens (including phenoxy) is 1. The second-order valence-electron chi connectivity index (χ2n) is 5.18. The van der Waals surface area contributed by atoms with E-state index in [0.29, 0.717) is 5.69 Å². The van der Waals surface area contributed by atoms with E-state index in [1.165, 1.54) is 12.1 Å². The van der Waals surface area contributed by atoms with E-state index in [1.807, 2.05) is 37.3 Å². The van der Waals surface area contributed by atoms with Crippen LogP contribution in [0.3, 0.4) is 0 Å². The number of nitrogens with one attached hydrogen (secondary N) is 1. The minimum atomic E-state index is -1.20. The molecule has 0 amide bonds. The van der Waals surface area contributed by atoms with Gasteiger partial charge in [0.15, 0.2) is 0 Å². The SMILES string of the molecule is C[C@@H]1Oc2ccccc2C=C1/C=N\Nc1ccc(C(=O)[O-])cc1. The molecule has 2 aromatic carbocycles. The molecule has 0 fully saturated rings. The van der Waals surface area contributed by atoms with Crippen LogP contribution in [0.2, 0.25) is 0 Å². The van der Waals surface area contributed by atoms with Gasteiger partial charge in [-0.25, -0.2) is 0 Å². The van der Waals surface area contributed by atoms with Crippen molar-refractivity contribution in [3.8, 4) is 5.75 Å². The number of anilines is 1. The second kappa shape index (κ2) is 6.36. The van der Waals surface area contributed by atoms with Gasteiger partial charge < -0.3 is 14.6 Å². The highest BCUT2D eigenvalue weighted by atomic mass is 16.5. The van der Waals surface area contributed by atoms with Crippen molar-refractivity contribution in [2.45, 2.75) is 13.0 Å². The van der Waals surface area contributed by atoms with Crippen LogP contribution in [0.4, 0.5) is 5.69 Å². The number of carboxylic acids is 1. The van der Waals surface area contributed by atoms with Gasteiger partial charge in [-0.15, -0.1) is 0 Å². The van der Waals surface area contributed by atoms with Crippen molar-refractivity contribution in [1.29, 1.82) is 0 Å². The summed E-state index contributed by atoms with van der Waals surface area (Å²) >= 11 is 0. The molecule has 2 aromatic rings. The Labute approximate surface area is 133 Å². The Morgan fingerprint density at radius 3 is 2.70 bits per heavy atom. The van der Waals surface area contributed by atoms with E-state index in [0.717, 1.165) is 16.9 Å². The molecule has 0 bridgehead atoms. The van der Waals surface area contributed by atoms with Gasteiger partial charge in [-0.3, -0.25) is 5.43 Å². The fourth-order valence-corrected chi connectivity index (χ4v) is 2.27. The predicted molar refractivity (Wildman–Crippen MR) is 87.4 cm³/mol. The average Bonchev–Trinajstić information content (AvgIpc) is 2.56. The molecule has 1 atom stereocenters. The number of carbonyl (C=O) groups excluding carboxylic acids is 1. The van der Waals surface area contributed by atoms with Crippen LogP contribution < -0.4 is 15.3 Å². The Bertz CT molecular complexity index is 779. The number of carbonyl (C=O) groups is 1. The smallest absolute Gasteiger partial charge is 0.127 e. The predicted octanol–water partition coefficient (Wildman–Crippen LogP) is 2.31. The summed E-state index contributed by atoms with van der Waals surface area (Å²) in [6, 6.07) is 14.0. The second-order valence-corrected chi connectivity index (χ2v) is 5.18. The Morgan fingerprint density at radius 1 is 1.22 bits per heavy atom. The van der Waals surface area contributed by atoms with Crippen LogP contribution in [0.15, 0.2) is 59.2 Å². The van der Waals surface area contributed by atoms with Crippen LogP contribution in [-0.2, 0) is 0 Å². The number of benzene rings is 2. The molecule has 116 valence electrons. The molecular formula is C18H15N2O3-. The van der Waals surface area contributed by atoms with Gasteiger partial charge in [0.1, 0.15) is 11.9 Å². The van der Waals surface area contributed by atoms with Crippen molar-refractivity contribution in [1.82, 2.24) is 0 Å². The maximum Gasteiger partial charge on any atom is 0.127 e. The first-order chi connectivity index (χ1) is 11.1. The van der Waals surface area contributed by atoms with Crippen molar-refractivity contribution in [2.24, 2.45) is 5.10 Å². The summed E-state index contributed by atoms with van der Waals surface area (Å²) in [5.41, 5.74) is 5.65. The molecule has 23 heavy (non-hydrogen) atoms. The summed E-state index contributed by atoms with van der Waals surface area (Å²) in [6.07, 6.45) is 3.65. The summed E-state index contributed by atoms with van der Waals surface area (Å²) in [4.78, 5) is 10.7. The zero-order valence-electron chi connectivity index (χ0n) is 12.5. The van der Waals surface area contributed by atoms with Gasteiger partial charge in [-0.1, -0.05) is 30.3 Å². The molecule has 1 aliphatic heterocycles. The normalized spacial score (nSPS) is 16.4. The van der Waals surface area contributed by atoms with Gasteiger partial charge in [0, 0.05) is 11.1 Å². The van der Waals surface area contributed by atoms with E-state index >= 15 is 0 Å². The number of fused-ring (bicyclic) bond motifs is 1. The van der Waals surface area contributed by atoms with Gasteiger partial charge in [-0.05, 0) is 36.8 Å². The Kier molecular flexibility index (Phi) is 4.10. The number of hydrazone groups is 1. The number of hydrogen-bond acceptors (Lipinski definition) is 5. The van der Waals surface area contributed by atoms with E-state index in [9.17, 15) is 9.90 Å². The van der Waals surface area contributed by atoms with Crippen molar-refractivity contribution < 1.29 is 14.6 Å². The van der Waals surface area contributed by atoms with E-state index in [-0.39, 0.29) is 11.7 Å². The largest absolute Gasteiger partial charge is 0.545 e. The van der Waals surface area contributed by atoms with E-state index < -0.39 is 5.97 Å². The number of hydrogen-bond donors (Lipinski definition) is 1. The Hall–Kier alpha value is -3.08. The minimum absolute atomic E-state index is 0.0871. The monoisotopic (exact) mass is 307 g/mol. The molecule has 5 nitrogen and oxygen atoms in total. The summed E-state index contributed by atoms with van der Waals surface area (Å²) in [5, 5.41) is 14.9. The molecule has 1 N–H and O–H groups in total. The molecule has 0 radical (unpaired) electrons. The van der Waals surface area contributed by atoms with Gasteiger partial charge in [0.05, 0.1) is 17.9 Å². The summed E-state index contributed by atoms with van der Waals surface area (Å²) in [5.74, 6) is -0.333. The molecule has 0 aliphatic carbocycles. The highest BCUT2D eigenvalue weighted by Gasteiger charge is 2.16. The third kappa shape index (κ3) is 3.40. The number of para-hydroxylation sites is 1. The van der Waals surface area contributed by atoms with Gasteiger partial charge in [0.2, 0.25) is 0 Å². The van der Waals surface area contributed by atoms with Crippen LogP contribution in [0.1, 0.15) is 22.8 Å². The standard InChI is InChI=1S/C18H16N2O3/c1-12-15(10-14-4-2-3-5-17(14)23-12)11-19-20-16-8-6-13(7-9-16)18(21)22/h2-12,20H,1H3,(H,21,22)/p-1/b19-11-/t12-/m0/s1. The molecule has 0 saturated carbocycles. The maximum atomic E-state index is 10.7. The lowest BCUT2D eigenvalue weighted by molar-refractivity contribution is -0.255. The first-order valence-corrected chi connectivity index (χ1v) is 7.21. The van der Waals surface area contributed by atoms with Crippen molar-refractivity contribution in [3.05, 3.63) is 65.2 Å². The molecule has 0 spiro atoms. The Balaban J connectivity index is 1.70. The first-order valence-electron chi connectivity index (χ1n) is 7.21. The number of aromatic carboxylic acids is 1. The average molecular weight is 307 g/mol. The fraction of sp³-hybridized carbons (Fsp3) is 0.111. The van der Waals surface area contributed by atoms with Crippen molar-refractivity contribution >= 4 is 23.9 Å². The van der Waals surface area contributed by atoms with E-state index in [2.05, 4.69) is 10.5 Å². The van der Waals surface area contributed by atoms with Crippen LogP contribution in [0.5, 0.6) is 5.75 Å². The quantitative estimate of drug-likeness (QED) is 0.695. The maximum absolute atomic E-state index is 10.7. The van der Waals surface area contributed by atoms with Crippen LogP contribution in [0.25, 0.3) is 6.08 Å². The molecule has 0 aromatic heterocycles. The topological polar surface area (TPSA) is 73.8 Å². The van der Waals surface area contributed by atoms with E-state index in [4.69, 9.17) is 4.74 Å². The van der Waals surface area contributed by atoms with Crippen LogP contribution in [-0.4, -0.2) is 18.3 Å². The summed E-state index contributed by atoms with van der Waals surface area (Å²) < 4.78 is 5.83. The lowest BCUT2D eigenvalue weighted by Crippen LogP contribution is -2.21. The third-order valence-corrected chi connectivity index (χ3v) is 3.54. The molecular weight excluding hydrogens is 292 g/mol. The highest BCUT2D eigenvalue weighted by Crippen LogP contribution is 2.28. The van der Waals surface area contributed by atoms with Gasteiger partial charge >= 0.3 is 0 Å². The first kappa shape index (κ1) is 14.8. The van der Waals surface area contributed by atoms with Crippen LogP contribution in [0, 0.1) is 0 Å². The molecule has 0 unspecified atom stereocenters. The van der Waals surface area contributed by atoms with Gasteiger partial charge in [0.25, 0.3) is 0 Å². The molecule has 1 aliphatic rings. The molecule has 3 rings (SSSR count). The zero-order chi connectivity index (χ0) is 16.2. The lowest BCUT2D eigenvalue weighted by atomic mass is 10.0. The zero-order valence-corrected chi connectivity index (χ0v) is 12.5. The fourth-order valence-electron chi connectivity index (χ4n) is 2.27. The number of rotatable bonds is 4. The third-order valence-electron chi connectivity index (χ3n) is 3.54. The van der Waals surface area contributed by atoms with Crippen LogP contribution >= 0.6 is 0 Å². The molecule has 1 heterocycles. The number of nitrogens with zero attached hydrogens (tertiary/aromatic N) is 1. The van der Waals surface area contributed by atoms with E-state index in [1.54, 1.807) is 18.3 Å². The highest BCUT2D eigenvalue weighted by molar-refractivity contribution is 5.89. The molecule has 0 saturated heterocycles. The summed E-state index contributed by atoms with van der Waals surface area (Å²) in [6.45, 7) is 1.96. The number of carboxylic acid groups (broad SMARTS) is 1. The Morgan fingerprint density at radius 2 is 1.96 bits per heavy atom. The van der Waals surface area contributed by atoms with Gasteiger partial charge in [-0.2, -0.15) is 5.10 Å². The van der Waals surface area contributed by atoms with Crippen molar-refractivity contribution in [3.63, 3.8) is 0 Å². The molecule has 5 heteroatoms. The van der Waals surface area contributed by atoms with Crippen molar-refractivity contribution in [2.75, 3.05) is 5.43 Å². The summed E-state index contributed by atoms with van der Waals surface area (Å²) in [7, 11) is 0. The lowest BCUT2D eigenvalue weighted by Gasteiger charge is -2.22. The minimum Gasteiger partial charge on any atom is -0.545 e.